The summed E-state index contributed by atoms with van der Waals surface area (Å²) in [5.41, 5.74) is 0. The first-order valence-corrected chi connectivity index (χ1v) is 4.62. The van der Waals surface area contributed by atoms with Crippen molar-refractivity contribution in [3.05, 3.63) is 0 Å². The highest BCUT2D eigenvalue weighted by Crippen LogP contribution is 2.12. The highest BCUT2D eigenvalue weighted by Gasteiger charge is 2.16. The standard InChI is InChI=1S/C9H19NO/c1-8(2)10-6-3-4-9(11)5-7-10/h8-9,11H,3-7H2,1-2H3. The van der Waals surface area contributed by atoms with Crippen LogP contribution in [0.1, 0.15) is 33.1 Å². The second-order valence-electron chi connectivity index (χ2n) is 3.71. The van der Waals surface area contributed by atoms with Crippen LogP contribution in [0.4, 0.5) is 0 Å². The Morgan fingerprint density at radius 1 is 1.27 bits per heavy atom. The van der Waals surface area contributed by atoms with E-state index in [2.05, 4.69) is 18.7 Å². The summed E-state index contributed by atoms with van der Waals surface area (Å²) in [6.45, 7) is 6.67. The average Bonchev–Trinajstić information content (AvgIpc) is 2.13. The maximum Gasteiger partial charge on any atom is 0.0553 e. The van der Waals surface area contributed by atoms with E-state index < -0.39 is 0 Å². The molecule has 0 saturated carbocycles. The molecule has 0 aliphatic carbocycles. The second-order valence-corrected chi connectivity index (χ2v) is 3.71. The van der Waals surface area contributed by atoms with E-state index in [9.17, 15) is 5.11 Å². The summed E-state index contributed by atoms with van der Waals surface area (Å²) in [7, 11) is 0. The molecule has 11 heavy (non-hydrogen) atoms. The first-order valence-electron chi connectivity index (χ1n) is 4.62. The minimum atomic E-state index is -0.0428. The van der Waals surface area contributed by atoms with Crippen molar-refractivity contribution in [3.63, 3.8) is 0 Å². The van der Waals surface area contributed by atoms with Crippen molar-refractivity contribution in [1.82, 2.24) is 4.90 Å². The summed E-state index contributed by atoms with van der Waals surface area (Å²) in [5.74, 6) is 0. The van der Waals surface area contributed by atoms with Gasteiger partial charge >= 0.3 is 0 Å². The van der Waals surface area contributed by atoms with Crippen molar-refractivity contribution in [2.45, 2.75) is 45.3 Å². The van der Waals surface area contributed by atoms with Gasteiger partial charge in [0.25, 0.3) is 0 Å². The number of hydrogen-bond donors (Lipinski definition) is 1. The highest BCUT2D eigenvalue weighted by molar-refractivity contribution is 4.70. The van der Waals surface area contributed by atoms with Crippen LogP contribution < -0.4 is 0 Å². The minimum Gasteiger partial charge on any atom is -0.393 e. The number of rotatable bonds is 1. The van der Waals surface area contributed by atoms with Gasteiger partial charge < -0.3 is 10.0 Å². The summed E-state index contributed by atoms with van der Waals surface area (Å²) in [6, 6.07) is 0.639. The molecular weight excluding hydrogens is 138 g/mol. The molecule has 0 aromatic carbocycles. The van der Waals surface area contributed by atoms with Crippen molar-refractivity contribution in [1.29, 1.82) is 0 Å². The third-order valence-corrected chi connectivity index (χ3v) is 2.46. The molecule has 1 fully saturated rings. The van der Waals surface area contributed by atoms with Gasteiger partial charge in [-0.25, -0.2) is 0 Å². The summed E-state index contributed by atoms with van der Waals surface area (Å²) in [4.78, 5) is 2.44. The van der Waals surface area contributed by atoms with E-state index in [1.807, 2.05) is 0 Å². The lowest BCUT2D eigenvalue weighted by Gasteiger charge is -2.23. The molecule has 2 nitrogen and oxygen atoms in total. The molecule has 66 valence electrons. The predicted octanol–water partition coefficient (Wildman–Crippen LogP) is 1.24. The van der Waals surface area contributed by atoms with Gasteiger partial charge in [-0.2, -0.15) is 0 Å². The van der Waals surface area contributed by atoms with E-state index in [0.29, 0.717) is 6.04 Å². The smallest absolute Gasteiger partial charge is 0.0553 e. The molecule has 1 unspecified atom stereocenters. The fraction of sp³-hybridized carbons (Fsp3) is 1.00. The van der Waals surface area contributed by atoms with Crippen molar-refractivity contribution in [2.75, 3.05) is 13.1 Å². The first-order chi connectivity index (χ1) is 5.20. The van der Waals surface area contributed by atoms with Crippen LogP contribution >= 0.6 is 0 Å². The third-order valence-electron chi connectivity index (χ3n) is 2.46. The Labute approximate surface area is 69.2 Å². The Kier molecular flexibility index (Phi) is 3.34. The van der Waals surface area contributed by atoms with Crippen LogP contribution in [0.5, 0.6) is 0 Å². The summed E-state index contributed by atoms with van der Waals surface area (Å²) in [6.07, 6.45) is 3.06. The highest BCUT2D eigenvalue weighted by atomic mass is 16.3. The molecule has 0 amide bonds. The van der Waals surface area contributed by atoms with Crippen molar-refractivity contribution < 1.29 is 5.11 Å². The van der Waals surface area contributed by atoms with E-state index in [1.54, 1.807) is 0 Å². The molecule has 1 aliphatic rings. The Hall–Kier alpha value is -0.0800. The minimum absolute atomic E-state index is 0.0428. The lowest BCUT2D eigenvalue weighted by molar-refractivity contribution is 0.151. The topological polar surface area (TPSA) is 23.5 Å². The monoisotopic (exact) mass is 157 g/mol. The molecule has 2 heteroatoms. The van der Waals surface area contributed by atoms with Crippen molar-refractivity contribution in [2.24, 2.45) is 0 Å². The maximum atomic E-state index is 9.36. The number of likely N-dealkylation sites (tertiary alicyclic amines) is 1. The summed E-state index contributed by atoms with van der Waals surface area (Å²) in [5, 5.41) is 9.36. The molecule has 1 heterocycles. The molecule has 1 rings (SSSR count). The lowest BCUT2D eigenvalue weighted by atomic mass is 10.2. The molecule has 1 atom stereocenters. The number of aliphatic hydroxyl groups is 1. The van der Waals surface area contributed by atoms with Crippen molar-refractivity contribution in [3.8, 4) is 0 Å². The molecule has 0 aromatic heterocycles. The zero-order chi connectivity index (χ0) is 8.27. The molecule has 0 radical (unpaired) electrons. The van der Waals surface area contributed by atoms with Crippen LogP contribution in [0.25, 0.3) is 0 Å². The second kappa shape index (κ2) is 4.07. The van der Waals surface area contributed by atoms with Gasteiger partial charge in [-0.05, 0) is 39.7 Å². The summed E-state index contributed by atoms with van der Waals surface area (Å²) < 4.78 is 0. The zero-order valence-corrected chi connectivity index (χ0v) is 7.58. The van der Waals surface area contributed by atoms with E-state index in [1.165, 1.54) is 0 Å². The first kappa shape index (κ1) is 9.01. The molecule has 0 aromatic rings. The largest absolute Gasteiger partial charge is 0.393 e. The summed E-state index contributed by atoms with van der Waals surface area (Å²) >= 11 is 0. The van der Waals surface area contributed by atoms with Crippen LogP contribution in [0.15, 0.2) is 0 Å². The van der Waals surface area contributed by atoms with Gasteiger partial charge in [0.05, 0.1) is 6.10 Å². The van der Waals surface area contributed by atoms with Gasteiger partial charge in [-0.1, -0.05) is 0 Å². The SMILES string of the molecule is CC(C)N1CCCC(O)CC1. The molecule has 0 spiro atoms. The van der Waals surface area contributed by atoms with E-state index in [-0.39, 0.29) is 6.10 Å². The average molecular weight is 157 g/mol. The molecular formula is C9H19NO. The molecule has 1 N–H and O–H groups in total. The Bertz CT molecular complexity index is 114. The number of hydrogen-bond acceptors (Lipinski definition) is 2. The molecule has 1 saturated heterocycles. The lowest BCUT2D eigenvalue weighted by Crippen LogP contribution is -2.31. The fourth-order valence-electron chi connectivity index (χ4n) is 1.62. The normalized spacial score (nSPS) is 28.9. The number of aliphatic hydroxyl groups excluding tert-OH is 1. The Morgan fingerprint density at radius 3 is 2.64 bits per heavy atom. The van der Waals surface area contributed by atoms with Gasteiger partial charge in [0, 0.05) is 12.6 Å². The predicted molar refractivity (Wildman–Crippen MR) is 46.6 cm³/mol. The van der Waals surface area contributed by atoms with Crippen LogP contribution in [-0.4, -0.2) is 35.2 Å². The van der Waals surface area contributed by atoms with Gasteiger partial charge in [-0.15, -0.1) is 0 Å². The number of nitrogens with zero attached hydrogens (tertiary/aromatic N) is 1. The van der Waals surface area contributed by atoms with E-state index in [4.69, 9.17) is 0 Å². The van der Waals surface area contributed by atoms with Gasteiger partial charge in [0.15, 0.2) is 0 Å². The molecule has 0 bridgehead atoms. The van der Waals surface area contributed by atoms with Crippen LogP contribution in [0, 0.1) is 0 Å². The Balaban J connectivity index is 2.34. The van der Waals surface area contributed by atoms with Gasteiger partial charge in [-0.3, -0.25) is 0 Å². The van der Waals surface area contributed by atoms with Crippen molar-refractivity contribution >= 4 is 0 Å². The molecule has 1 aliphatic heterocycles. The third kappa shape index (κ3) is 2.80. The fourth-order valence-corrected chi connectivity index (χ4v) is 1.62. The Morgan fingerprint density at radius 2 is 2.00 bits per heavy atom. The van der Waals surface area contributed by atoms with Gasteiger partial charge in [0.2, 0.25) is 0 Å². The van der Waals surface area contributed by atoms with E-state index in [0.717, 1.165) is 32.4 Å². The van der Waals surface area contributed by atoms with Gasteiger partial charge in [0.1, 0.15) is 0 Å². The van der Waals surface area contributed by atoms with Crippen LogP contribution in [-0.2, 0) is 0 Å². The van der Waals surface area contributed by atoms with E-state index >= 15 is 0 Å². The van der Waals surface area contributed by atoms with Crippen LogP contribution in [0.3, 0.4) is 0 Å². The quantitative estimate of drug-likeness (QED) is 0.619. The van der Waals surface area contributed by atoms with Crippen LogP contribution in [0.2, 0.25) is 0 Å². The maximum absolute atomic E-state index is 9.36. The zero-order valence-electron chi connectivity index (χ0n) is 7.58.